The average molecular weight is 561 g/mol. The van der Waals surface area contributed by atoms with Crippen molar-refractivity contribution in [3.8, 4) is 23.0 Å². The maximum absolute atomic E-state index is 5.53. The Hall–Kier alpha value is -3.14. The molecule has 0 N–H and O–H groups in total. The Bertz CT molecular complexity index is 1350. The molecule has 0 aliphatic carbocycles. The first-order valence-electron chi connectivity index (χ1n) is 14.8. The average Bonchev–Trinajstić information content (AvgIpc) is 3.34. The van der Waals surface area contributed by atoms with E-state index in [9.17, 15) is 0 Å². The van der Waals surface area contributed by atoms with Crippen molar-refractivity contribution < 1.29 is 18.9 Å². The Labute approximate surface area is 249 Å². The van der Waals surface area contributed by atoms with Gasteiger partial charge in [-0.05, 0) is 107 Å². The molecule has 224 valence electrons. The minimum Gasteiger partial charge on any atom is -0.486 e. The summed E-state index contributed by atoms with van der Waals surface area (Å²) in [6.45, 7) is 30.5. The molecule has 0 fully saturated rings. The van der Waals surface area contributed by atoms with Gasteiger partial charge in [-0.3, -0.25) is 0 Å². The van der Waals surface area contributed by atoms with Crippen LogP contribution in [0.1, 0.15) is 101 Å². The summed E-state index contributed by atoms with van der Waals surface area (Å²) < 4.78 is 21.6. The van der Waals surface area contributed by atoms with Crippen molar-refractivity contribution >= 4 is 0 Å². The van der Waals surface area contributed by atoms with Gasteiger partial charge >= 0.3 is 0 Å². The van der Waals surface area contributed by atoms with Crippen molar-refractivity contribution in [3.05, 3.63) is 81.4 Å². The van der Waals surface area contributed by atoms with E-state index < -0.39 is 0 Å². The monoisotopic (exact) mass is 560 g/mol. The minimum absolute atomic E-state index is 0.163. The zero-order valence-corrected chi connectivity index (χ0v) is 27.8. The lowest BCUT2D eigenvalue weighted by atomic mass is 9.79. The Balaban J connectivity index is 0.000000169. The van der Waals surface area contributed by atoms with Gasteiger partial charge in [0.15, 0.2) is 23.0 Å². The highest BCUT2D eigenvalue weighted by atomic mass is 16.7. The second-order valence-corrected chi connectivity index (χ2v) is 14.3. The second-order valence-electron chi connectivity index (χ2n) is 14.3. The normalized spacial score (nSPS) is 14.0. The number of hydrogen-bond donors (Lipinski definition) is 0. The first kappa shape index (κ1) is 32.4. The molecule has 0 aromatic heterocycles. The summed E-state index contributed by atoms with van der Waals surface area (Å²) in [5, 5.41) is 0. The lowest BCUT2D eigenvalue weighted by Gasteiger charge is -2.26. The van der Waals surface area contributed by atoms with Crippen LogP contribution in [0.3, 0.4) is 0 Å². The zero-order valence-electron chi connectivity index (χ0n) is 27.8. The SMILES string of the molecule is CC(C)(C)c1ccc2c(c1)OCCO2.CC(C)(C)c1ccc2c(c1)OCO2.Cc1cc(C)c(C(C)(C)C)c(C)c1C. The van der Waals surface area contributed by atoms with Crippen LogP contribution < -0.4 is 18.9 Å². The van der Waals surface area contributed by atoms with Crippen molar-refractivity contribution in [2.75, 3.05) is 20.0 Å². The smallest absolute Gasteiger partial charge is 0.231 e. The Morgan fingerprint density at radius 2 is 0.902 bits per heavy atom. The lowest BCUT2D eigenvalue weighted by Crippen LogP contribution is -2.17. The summed E-state index contributed by atoms with van der Waals surface area (Å²) in [7, 11) is 0. The third kappa shape index (κ3) is 8.21. The van der Waals surface area contributed by atoms with Crippen LogP contribution >= 0.6 is 0 Å². The second kappa shape index (κ2) is 12.4. The Morgan fingerprint density at radius 3 is 1.39 bits per heavy atom. The van der Waals surface area contributed by atoms with Crippen molar-refractivity contribution in [2.45, 2.75) is 106 Å². The topological polar surface area (TPSA) is 36.9 Å². The molecule has 4 nitrogen and oxygen atoms in total. The molecule has 0 amide bonds. The van der Waals surface area contributed by atoms with E-state index in [4.69, 9.17) is 18.9 Å². The van der Waals surface area contributed by atoms with Crippen LogP contribution in [0.2, 0.25) is 0 Å². The van der Waals surface area contributed by atoms with Crippen molar-refractivity contribution in [1.29, 1.82) is 0 Å². The van der Waals surface area contributed by atoms with Crippen molar-refractivity contribution in [2.24, 2.45) is 0 Å². The molecule has 0 saturated carbocycles. The summed E-state index contributed by atoms with van der Waals surface area (Å²) in [4.78, 5) is 0. The highest BCUT2D eigenvalue weighted by Gasteiger charge is 2.21. The molecule has 3 aromatic carbocycles. The Morgan fingerprint density at radius 1 is 0.463 bits per heavy atom. The van der Waals surface area contributed by atoms with Gasteiger partial charge in [-0.1, -0.05) is 80.5 Å². The van der Waals surface area contributed by atoms with Gasteiger partial charge in [-0.15, -0.1) is 0 Å². The number of ether oxygens (including phenoxy) is 4. The van der Waals surface area contributed by atoms with Gasteiger partial charge in [0.25, 0.3) is 0 Å². The van der Waals surface area contributed by atoms with Crippen LogP contribution in [-0.4, -0.2) is 20.0 Å². The molecule has 0 unspecified atom stereocenters. The maximum Gasteiger partial charge on any atom is 0.231 e. The van der Waals surface area contributed by atoms with Crippen molar-refractivity contribution in [1.82, 2.24) is 0 Å². The number of hydrogen-bond acceptors (Lipinski definition) is 4. The van der Waals surface area contributed by atoms with Crippen molar-refractivity contribution in [3.63, 3.8) is 0 Å². The highest BCUT2D eigenvalue weighted by Crippen LogP contribution is 2.37. The fourth-order valence-corrected chi connectivity index (χ4v) is 5.31. The van der Waals surface area contributed by atoms with Crippen LogP contribution in [0.15, 0.2) is 42.5 Å². The summed E-state index contributed by atoms with van der Waals surface area (Å²) >= 11 is 0. The Kier molecular flexibility index (Phi) is 9.78. The molecule has 2 aliphatic heterocycles. The standard InChI is InChI=1S/C14H22.C12H16O2.C11H14O2/c1-9-8-10(2)13(14(5,6)7)12(4)11(9)3;1-12(2,3)9-4-5-10-11(8-9)14-7-6-13-10;1-11(2,3)8-4-5-9-10(6-8)13-7-12-9/h8H,1-7H3;4-5,8H,6-7H2,1-3H3;4-6H,7H2,1-3H3. The number of fused-ring (bicyclic) bond motifs is 2. The molecule has 0 saturated heterocycles. The molecule has 3 aromatic rings. The molecule has 0 atom stereocenters. The van der Waals surface area contributed by atoms with Crippen LogP contribution in [0.25, 0.3) is 0 Å². The summed E-state index contributed by atoms with van der Waals surface area (Å²) in [5.74, 6) is 3.47. The fraction of sp³-hybridized carbons (Fsp3) is 0.514. The van der Waals surface area contributed by atoms with Crippen LogP contribution in [0.5, 0.6) is 23.0 Å². The molecule has 2 heterocycles. The first-order chi connectivity index (χ1) is 18.9. The van der Waals surface area contributed by atoms with Gasteiger partial charge < -0.3 is 18.9 Å². The maximum atomic E-state index is 5.53. The molecular formula is C37H52O4. The highest BCUT2D eigenvalue weighted by molar-refractivity contribution is 5.48. The summed E-state index contributed by atoms with van der Waals surface area (Å²) in [6, 6.07) is 14.6. The van der Waals surface area contributed by atoms with Gasteiger partial charge in [0.1, 0.15) is 13.2 Å². The van der Waals surface area contributed by atoms with E-state index in [0.29, 0.717) is 20.0 Å². The molecular weight excluding hydrogens is 508 g/mol. The third-order valence-electron chi connectivity index (χ3n) is 7.75. The summed E-state index contributed by atoms with van der Waals surface area (Å²) in [6.07, 6.45) is 0. The van der Waals surface area contributed by atoms with Crippen LogP contribution in [0, 0.1) is 27.7 Å². The molecule has 4 heteroatoms. The van der Waals surface area contributed by atoms with Crippen LogP contribution in [-0.2, 0) is 16.2 Å². The predicted molar refractivity (Wildman–Crippen MR) is 171 cm³/mol. The molecule has 5 rings (SSSR count). The lowest BCUT2D eigenvalue weighted by molar-refractivity contribution is 0.171. The molecule has 2 aliphatic rings. The van der Waals surface area contributed by atoms with E-state index in [1.807, 2.05) is 12.1 Å². The first-order valence-corrected chi connectivity index (χ1v) is 14.8. The third-order valence-corrected chi connectivity index (χ3v) is 7.75. The molecule has 0 spiro atoms. The predicted octanol–water partition coefficient (Wildman–Crippen LogP) is 9.69. The largest absolute Gasteiger partial charge is 0.486 e. The number of rotatable bonds is 0. The quantitative estimate of drug-likeness (QED) is 0.274. The van der Waals surface area contributed by atoms with Gasteiger partial charge in [-0.25, -0.2) is 0 Å². The minimum atomic E-state index is 0.163. The van der Waals surface area contributed by atoms with E-state index in [1.165, 1.54) is 38.9 Å². The van der Waals surface area contributed by atoms with E-state index in [-0.39, 0.29) is 16.2 Å². The van der Waals surface area contributed by atoms with E-state index in [2.05, 4.69) is 120 Å². The van der Waals surface area contributed by atoms with E-state index in [1.54, 1.807) is 0 Å². The number of benzene rings is 3. The van der Waals surface area contributed by atoms with Gasteiger partial charge in [0, 0.05) is 0 Å². The van der Waals surface area contributed by atoms with Gasteiger partial charge in [-0.2, -0.15) is 0 Å². The summed E-state index contributed by atoms with van der Waals surface area (Å²) in [5.41, 5.74) is 10.4. The number of aryl methyl sites for hydroxylation is 2. The molecule has 0 radical (unpaired) electrons. The fourth-order valence-electron chi connectivity index (χ4n) is 5.31. The van der Waals surface area contributed by atoms with E-state index >= 15 is 0 Å². The van der Waals surface area contributed by atoms with Crippen LogP contribution in [0.4, 0.5) is 0 Å². The van der Waals surface area contributed by atoms with Gasteiger partial charge in [0.05, 0.1) is 0 Å². The molecule has 41 heavy (non-hydrogen) atoms. The molecule has 0 bridgehead atoms. The zero-order chi connectivity index (χ0) is 30.8. The van der Waals surface area contributed by atoms with Gasteiger partial charge in [0.2, 0.25) is 6.79 Å². The van der Waals surface area contributed by atoms with E-state index in [0.717, 1.165) is 23.0 Å².